The van der Waals surface area contributed by atoms with E-state index in [-0.39, 0.29) is 0 Å². The minimum absolute atomic E-state index is 0.562. The Balaban J connectivity index is -0.000000209. The summed E-state index contributed by atoms with van der Waals surface area (Å²) in [4.78, 5) is 9.97. The van der Waals surface area contributed by atoms with Crippen LogP contribution in [-0.4, -0.2) is 63.2 Å². The molecule has 0 unspecified atom stereocenters. The third kappa shape index (κ3) is 76.1. The number of amides is 1. The van der Waals surface area contributed by atoms with Gasteiger partial charge in [0.25, 0.3) is 0 Å². The van der Waals surface area contributed by atoms with Crippen LogP contribution in [0, 0.1) is 0 Å². The molecule has 19 heavy (non-hydrogen) atoms. The number of sulfonamides is 2. The van der Waals surface area contributed by atoms with Crippen molar-refractivity contribution >= 4 is 35.8 Å². The van der Waals surface area contributed by atoms with Gasteiger partial charge in [-0.15, -0.1) is 0 Å². The first kappa shape index (κ1) is 23.4. The summed E-state index contributed by atoms with van der Waals surface area (Å²) in [7, 11) is -7.53. The summed E-state index contributed by atoms with van der Waals surface area (Å²) in [5.74, 6) is -0.562. The highest BCUT2D eigenvalue weighted by molar-refractivity contribution is 7.90. The molecule has 0 atom stereocenters. The van der Waals surface area contributed by atoms with E-state index in [1.807, 2.05) is 0 Å². The Kier molecular flexibility index (Phi) is 11.4. The van der Waals surface area contributed by atoms with Gasteiger partial charge in [-0.05, 0) is 7.05 Å². The monoisotopic (exact) mass is 340 g/mol. The fourth-order valence-electron chi connectivity index (χ4n) is 0.261. The Morgan fingerprint density at radius 2 is 1.00 bits per heavy atom. The quantitative estimate of drug-likeness (QED) is 0.586. The van der Waals surface area contributed by atoms with Crippen molar-refractivity contribution in [2.45, 2.75) is 6.92 Å². The average molecular weight is 340 g/mol. The molecule has 0 aromatic rings. The Bertz CT molecular complexity index is 552. The van der Waals surface area contributed by atoms with Crippen LogP contribution in [0.5, 0.6) is 0 Å². The number of rotatable bonds is 2. The van der Waals surface area contributed by atoms with E-state index in [0.29, 0.717) is 0 Å². The molecule has 0 fully saturated rings. The van der Waals surface area contributed by atoms with Crippen molar-refractivity contribution < 1.29 is 30.0 Å². The van der Waals surface area contributed by atoms with Gasteiger partial charge >= 0.3 is 0 Å². The van der Waals surface area contributed by atoms with E-state index in [1.54, 1.807) is 4.72 Å². The standard InChI is InChI=1S/C3H7NO3S.C2H7NO2S.C2H6O2S/c1-3(5)4-8(2,6)7;1-3-6(2,4)5;1-5(2,3)4/h1-2H3,(H,4,5);3H,1-2H3;1-2H3. The first-order chi connectivity index (χ1) is 7.98. The fourth-order valence-corrected chi connectivity index (χ4v) is 0.783. The molecule has 0 rings (SSSR count). The molecule has 12 heteroatoms. The predicted octanol–water partition coefficient (Wildman–Crippen LogP) is -2.09. The van der Waals surface area contributed by atoms with Gasteiger partial charge in [0, 0.05) is 19.4 Å². The van der Waals surface area contributed by atoms with E-state index in [1.165, 1.54) is 7.05 Å². The molecular formula is C7H20N2O7S3. The molecule has 118 valence electrons. The van der Waals surface area contributed by atoms with Crippen LogP contribution in [0.3, 0.4) is 0 Å². The van der Waals surface area contributed by atoms with Crippen LogP contribution in [0.25, 0.3) is 0 Å². The Morgan fingerprint density at radius 1 is 0.789 bits per heavy atom. The van der Waals surface area contributed by atoms with Crippen molar-refractivity contribution in [2.75, 3.05) is 32.1 Å². The molecule has 0 aromatic carbocycles. The molecule has 0 spiro atoms. The van der Waals surface area contributed by atoms with Gasteiger partial charge in [0.15, 0.2) is 0 Å². The molecule has 0 saturated heterocycles. The van der Waals surface area contributed by atoms with Crippen molar-refractivity contribution in [2.24, 2.45) is 0 Å². The number of nitrogens with one attached hydrogen (secondary N) is 2. The molecule has 0 aromatic heterocycles. The number of carbonyl (C=O) groups is 1. The highest BCUT2D eigenvalue weighted by Crippen LogP contribution is 1.70. The highest BCUT2D eigenvalue weighted by atomic mass is 32.2. The van der Waals surface area contributed by atoms with E-state index in [2.05, 4.69) is 4.72 Å². The van der Waals surface area contributed by atoms with Gasteiger partial charge in [0.2, 0.25) is 26.0 Å². The van der Waals surface area contributed by atoms with Crippen LogP contribution in [0.1, 0.15) is 6.92 Å². The van der Waals surface area contributed by atoms with Crippen LogP contribution < -0.4 is 9.44 Å². The molecule has 0 aliphatic carbocycles. The van der Waals surface area contributed by atoms with Gasteiger partial charge in [-0.1, -0.05) is 0 Å². The summed E-state index contributed by atoms with van der Waals surface area (Å²) in [6.45, 7) is 1.14. The highest BCUT2D eigenvalue weighted by Gasteiger charge is 1.99. The second-order valence-corrected chi connectivity index (χ2v) is 9.54. The van der Waals surface area contributed by atoms with Crippen molar-refractivity contribution in [3.63, 3.8) is 0 Å². The molecular weight excluding hydrogens is 320 g/mol. The van der Waals surface area contributed by atoms with E-state index in [4.69, 9.17) is 0 Å². The van der Waals surface area contributed by atoms with Crippen LogP contribution in [-0.2, 0) is 34.7 Å². The maximum Gasteiger partial charge on any atom is 0.231 e. The maximum absolute atomic E-state index is 10.1. The molecule has 2 N–H and O–H groups in total. The van der Waals surface area contributed by atoms with Gasteiger partial charge in [0.1, 0.15) is 9.84 Å². The van der Waals surface area contributed by atoms with Crippen molar-refractivity contribution in [3.05, 3.63) is 0 Å². The zero-order valence-corrected chi connectivity index (χ0v) is 14.0. The largest absolute Gasteiger partial charge is 0.274 e. The van der Waals surface area contributed by atoms with Gasteiger partial charge in [0.05, 0.1) is 12.5 Å². The average Bonchev–Trinajstić information content (AvgIpc) is 1.95. The topological polar surface area (TPSA) is 144 Å². The smallest absolute Gasteiger partial charge is 0.231 e. The molecule has 0 aliphatic rings. The first-order valence-electron chi connectivity index (χ1n) is 4.50. The molecule has 0 saturated carbocycles. The maximum atomic E-state index is 10.1. The number of carbonyl (C=O) groups excluding carboxylic acids is 1. The lowest BCUT2D eigenvalue weighted by molar-refractivity contribution is -0.117. The van der Waals surface area contributed by atoms with Crippen LogP contribution >= 0.6 is 0 Å². The zero-order chi connectivity index (χ0) is 16.5. The first-order valence-corrected chi connectivity index (χ1v) is 10.6. The third-order valence-electron chi connectivity index (χ3n) is 0.700. The Labute approximate surface area is 114 Å². The molecule has 0 aliphatic heterocycles. The van der Waals surface area contributed by atoms with Crippen LogP contribution in [0.2, 0.25) is 0 Å². The summed E-state index contributed by atoms with van der Waals surface area (Å²) < 4.78 is 63.1. The summed E-state index contributed by atoms with van der Waals surface area (Å²) >= 11 is 0. The SMILES string of the molecule is CC(=O)NS(C)(=O)=O.CNS(C)(=O)=O.CS(C)(=O)=O. The third-order valence-corrected chi connectivity index (χ3v) is 2.10. The minimum atomic E-state index is -3.32. The molecule has 9 nitrogen and oxygen atoms in total. The Morgan fingerprint density at radius 3 is 1.00 bits per heavy atom. The lowest BCUT2D eigenvalue weighted by atomic mass is 10.8. The van der Waals surface area contributed by atoms with Gasteiger partial charge < -0.3 is 0 Å². The second kappa shape index (κ2) is 9.23. The van der Waals surface area contributed by atoms with E-state index < -0.39 is 35.8 Å². The lowest BCUT2D eigenvalue weighted by Crippen LogP contribution is -2.26. The lowest BCUT2D eigenvalue weighted by Gasteiger charge is -1.93. The fraction of sp³-hybridized carbons (Fsp3) is 0.857. The number of hydrogen-bond donors (Lipinski definition) is 2. The number of hydrogen-bond acceptors (Lipinski definition) is 7. The molecule has 0 radical (unpaired) electrons. The van der Waals surface area contributed by atoms with Crippen molar-refractivity contribution in [3.8, 4) is 0 Å². The predicted molar refractivity (Wildman–Crippen MR) is 73.3 cm³/mol. The molecule has 0 bridgehead atoms. The van der Waals surface area contributed by atoms with Gasteiger partial charge in [-0.3, -0.25) is 9.52 Å². The number of sulfone groups is 1. The van der Waals surface area contributed by atoms with Crippen molar-refractivity contribution in [1.29, 1.82) is 0 Å². The summed E-state index contributed by atoms with van der Waals surface area (Å²) in [6.07, 6.45) is 4.35. The van der Waals surface area contributed by atoms with Gasteiger partial charge in [-0.25, -0.2) is 30.0 Å². The van der Waals surface area contributed by atoms with E-state index in [9.17, 15) is 30.0 Å². The summed E-state index contributed by atoms with van der Waals surface area (Å²) in [5.41, 5.74) is 0. The summed E-state index contributed by atoms with van der Waals surface area (Å²) in [6, 6.07) is 0. The van der Waals surface area contributed by atoms with E-state index >= 15 is 0 Å². The van der Waals surface area contributed by atoms with Crippen molar-refractivity contribution in [1.82, 2.24) is 9.44 Å². The van der Waals surface area contributed by atoms with Crippen LogP contribution in [0.4, 0.5) is 0 Å². The van der Waals surface area contributed by atoms with Gasteiger partial charge in [-0.2, -0.15) is 0 Å². The summed E-state index contributed by atoms with van der Waals surface area (Å²) in [5, 5.41) is 0. The zero-order valence-electron chi connectivity index (χ0n) is 11.6. The second-order valence-electron chi connectivity index (χ2n) is 3.55. The van der Waals surface area contributed by atoms with Crippen LogP contribution in [0.15, 0.2) is 0 Å². The minimum Gasteiger partial charge on any atom is -0.274 e. The Hall–Kier alpha value is -0.720. The van der Waals surface area contributed by atoms with E-state index in [0.717, 1.165) is 31.9 Å². The normalized spacial score (nSPS) is 11.3. The molecule has 0 heterocycles. The molecule has 1 amide bonds.